The molecule has 0 amide bonds. The molecule has 1 atom stereocenters. The van der Waals surface area contributed by atoms with Crippen LogP contribution in [0.5, 0.6) is 0 Å². The number of hydrogen-bond donors (Lipinski definition) is 0. The summed E-state index contributed by atoms with van der Waals surface area (Å²) >= 11 is 0. The topological polar surface area (TPSA) is 27.7 Å². The summed E-state index contributed by atoms with van der Waals surface area (Å²) in [6.07, 6.45) is 1.80. The molecule has 0 saturated carbocycles. The molecule has 3 heteroatoms. The lowest BCUT2D eigenvalue weighted by Crippen LogP contribution is -2.20. The molecule has 15 heavy (non-hydrogen) atoms. The Labute approximate surface area is 94.1 Å². The van der Waals surface area contributed by atoms with E-state index in [1.807, 2.05) is 13.8 Å². The SMILES string of the molecule is CCOCCC(OCC)OCCC(C)C. The minimum atomic E-state index is -0.0969. The lowest BCUT2D eigenvalue weighted by atomic mass is 10.1. The van der Waals surface area contributed by atoms with Gasteiger partial charge in [0, 0.05) is 26.2 Å². The predicted octanol–water partition coefficient (Wildman–Crippen LogP) is 2.84. The van der Waals surface area contributed by atoms with Crippen molar-refractivity contribution < 1.29 is 14.2 Å². The van der Waals surface area contributed by atoms with Gasteiger partial charge in [-0.25, -0.2) is 0 Å². The van der Waals surface area contributed by atoms with Gasteiger partial charge in [-0.1, -0.05) is 13.8 Å². The Hall–Kier alpha value is -0.120. The first-order chi connectivity index (χ1) is 7.20. The van der Waals surface area contributed by atoms with Gasteiger partial charge >= 0.3 is 0 Å². The largest absolute Gasteiger partial charge is 0.382 e. The van der Waals surface area contributed by atoms with Gasteiger partial charge in [-0.3, -0.25) is 0 Å². The second-order valence-electron chi connectivity index (χ2n) is 3.92. The van der Waals surface area contributed by atoms with E-state index in [0.29, 0.717) is 19.1 Å². The Morgan fingerprint density at radius 3 is 2.13 bits per heavy atom. The van der Waals surface area contributed by atoms with Crippen LogP contribution in [0.4, 0.5) is 0 Å². The van der Waals surface area contributed by atoms with Crippen molar-refractivity contribution in [2.24, 2.45) is 5.92 Å². The molecule has 1 unspecified atom stereocenters. The molecule has 0 aliphatic carbocycles. The molecule has 0 aromatic carbocycles. The number of ether oxygens (including phenoxy) is 3. The fourth-order valence-corrected chi connectivity index (χ4v) is 1.16. The molecule has 0 aromatic rings. The third kappa shape index (κ3) is 10.2. The molecule has 0 heterocycles. The first-order valence-electron chi connectivity index (χ1n) is 6.01. The van der Waals surface area contributed by atoms with Gasteiger partial charge < -0.3 is 14.2 Å². The Balaban J connectivity index is 3.53. The molecular weight excluding hydrogens is 192 g/mol. The Bertz CT molecular complexity index is 126. The predicted molar refractivity (Wildman–Crippen MR) is 61.9 cm³/mol. The Morgan fingerprint density at radius 2 is 1.60 bits per heavy atom. The van der Waals surface area contributed by atoms with E-state index in [1.165, 1.54) is 0 Å². The van der Waals surface area contributed by atoms with Crippen molar-refractivity contribution in [1.29, 1.82) is 0 Å². The molecule has 0 aliphatic rings. The number of rotatable bonds is 10. The fourth-order valence-electron chi connectivity index (χ4n) is 1.16. The zero-order chi connectivity index (χ0) is 11.5. The zero-order valence-electron chi connectivity index (χ0n) is 10.6. The number of hydrogen-bond acceptors (Lipinski definition) is 3. The lowest BCUT2D eigenvalue weighted by Gasteiger charge is -2.18. The maximum Gasteiger partial charge on any atom is 0.159 e. The van der Waals surface area contributed by atoms with Crippen LogP contribution in [0.2, 0.25) is 0 Å². The maximum atomic E-state index is 5.64. The van der Waals surface area contributed by atoms with Crippen LogP contribution in [0, 0.1) is 5.92 Å². The molecule has 0 bridgehead atoms. The molecule has 0 saturated heterocycles. The van der Waals surface area contributed by atoms with Gasteiger partial charge in [0.05, 0.1) is 6.61 Å². The minimum absolute atomic E-state index is 0.0969. The maximum absolute atomic E-state index is 5.64. The van der Waals surface area contributed by atoms with Gasteiger partial charge in [0.15, 0.2) is 6.29 Å². The van der Waals surface area contributed by atoms with Gasteiger partial charge in [0.25, 0.3) is 0 Å². The normalized spacial score (nSPS) is 13.4. The van der Waals surface area contributed by atoms with Crippen molar-refractivity contribution in [2.75, 3.05) is 26.4 Å². The van der Waals surface area contributed by atoms with Crippen LogP contribution in [0.1, 0.15) is 40.5 Å². The van der Waals surface area contributed by atoms with Crippen molar-refractivity contribution in [2.45, 2.75) is 46.8 Å². The van der Waals surface area contributed by atoms with Crippen LogP contribution in [0.25, 0.3) is 0 Å². The Kier molecular flexibility index (Phi) is 10.3. The van der Waals surface area contributed by atoms with Crippen molar-refractivity contribution >= 4 is 0 Å². The van der Waals surface area contributed by atoms with E-state index < -0.39 is 0 Å². The van der Waals surface area contributed by atoms with E-state index in [-0.39, 0.29) is 6.29 Å². The molecule has 3 nitrogen and oxygen atoms in total. The van der Waals surface area contributed by atoms with Crippen molar-refractivity contribution in [3.8, 4) is 0 Å². The van der Waals surface area contributed by atoms with E-state index in [9.17, 15) is 0 Å². The summed E-state index contributed by atoms with van der Waals surface area (Å²) in [5.41, 5.74) is 0. The lowest BCUT2D eigenvalue weighted by molar-refractivity contribution is -0.151. The van der Waals surface area contributed by atoms with Gasteiger partial charge in [0.1, 0.15) is 0 Å². The first kappa shape index (κ1) is 14.9. The highest BCUT2D eigenvalue weighted by atomic mass is 16.7. The summed E-state index contributed by atoms with van der Waals surface area (Å²) < 4.78 is 16.4. The smallest absolute Gasteiger partial charge is 0.159 e. The second-order valence-corrected chi connectivity index (χ2v) is 3.92. The quantitative estimate of drug-likeness (QED) is 0.417. The van der Waals surface area contributed by atoms with E-state index in [2.05, 4.69) is 13.8 Å². The average Bonchev–Trinajstić information content (AvgIpc) is 2.17. The van der Waals surface area contributed by atoms with Gasteiger partial charge in [-0.2, -0.15) is 0 Å². The van der Waals surface area contributed by atoms with Crippen LogP contribution in [0.15, 0.2) is 0 Å². The zero-order valence-corrected chi connectivity index (χ0v) is 10.6. The van der Waals surface area contributed by atoms with Crippen LogP contribution < -0.4 is 0 Å². The van der Waals surface area contributed by atoms with Crippen LogP contribution in [0.3, 0.4) is 0 Å². The molecule has 0 radical (unpaired) electrons. The summed E-state index contributed by atoms with van der Waals surface area (Å²) in [7, 11) is 0. The molecule has 0 spiro atoms. The van der Waals surface area contributed by atoms with Crippen LogP contribution in [-0.2, 0) is 14.2 Å². The standard InChI is InChI=1S/C12H26O3/c1-5-13-9-8-12(14-6-2)15-10-7-11(3)4/h11-12H,5-10H2,1-4H3. The molecule has 92 valence electrons. The molecular formula is C12H26O3. The monoisotopic (exact) mass is 218 g/mol. The third-order valence-corrected chi connectivity index (χ3v) is 2.05. The summed E-state index contributed by atoms with van der Waals surface area (Å²) in [5, 5.41) is 0. The summed E-state index contributed by atoms with van der Waals surface area (Å²) in [4.78, 5) is 0. The molecule has 0 fully saturated rings. The highest BCUT2D eigenvalue weighted by molar-refractivity contribution is 4.48. The first-order valence-corrected chi connectivity index (χ1v) is 6.01. The van der Waals surface area contributed by atoms with Gasteiger partial charge in [0.2, 0.25) is 0 Å². The van der Waals surface area contributed by atoms with E-state index in [1.54, 1.807) is 0 Å². The van der Waals surface area contributed by atoms with Crippen molar-refractivity contribution in [3.63, 3.8) is 0 Å². The third-order valence-electron chi connectivity index (χ3n) is 2.05. The fraction of sp³-hybridized carbons (Fsp3) is 1.00. The van der Waals surface area contributed by atoms with E-state index in [4.69, 9.17) is 14.2 Å². The summed E-state index contributed by atoms with van der Waals surface area (Å²) in [6.45, 7) is 11.3. The van der Waals surface area contributed by atoms with Crippen molar-refractivity contribution in [3.05, 3.63) is 0 Å². The van der Waals surface area contributed by atoms with Crippen LogP contribution >= 0.6 is 0 Å². The molecule has 0 N–H and O–H groups in total. The van der Waals surface area contributed by atoms with Gasteiger partial charge in [-0.15, -0.1) is 0 Å². The summed E-state index contributed by atoms with van der Waals surface area (Å²) in [5.74, 6) is 0.680. The minimum Gasteiger partial charge on any atom is -0.382 e. The second kappa shape index (κ2) is 10.4. The average molecular weight is 218 g/mol. The highest BCUT2D eigenvalue weighted by Gasteiger charge is 2.08. The molecule has 0 aromatic heterocycles. The van der Waals surface area contributed by atoms with Crippen LogP contribution in [-0.4, -0.2) is 32.7 Å². The highest BCUT2D eigenvalue weighted by Crippen LogP contribution is 2.05. The Morgan fingerprint density at radius 1 is 0.867 bits per heavy atom. The molecule has 0 aliphatic heterocycles. The van der Waals surface area contributed by atoms with Gasteiger partial charge in [-0.05, 0) is 26.2 Å². The van der Waals surface area contributed by atoms with Crippen molar-refractivity contribution in [1.82, 2.24) is 0 Å². The molecule has 0 rings (SSSR count). The summed E-state index contributed by atoms with van der Waals surface area (Å²) in [6, 6.07) is 0. The van der Waals surface area contributed by atoms with E-state index >= 15 is 0 Å². The van der Waals surface area contributed by atoms with E-state index in [0.717, 1.165) is 26.1 Å².